The number of hydrogen-bond acceptors (Lipinski definition) is 3. The minimum Gasteiger partial charge on any atom is -0.481 e. The third-order valence-electron chi connectivity index (χ3n) is 8.04. The lowest BCUT2D eigenvalue weighted by Gasteiger charge is -2.14. The molecule has 4 nitrogen and oxygen atoms in total. The molecule has 0 aliphatic heterocycles. The van der Waals surface area contributed by atoms with Crippen LogP contribution in [0.1, 0.15) is 187 Å². The van der Waals surface area contributed by atoms with Crippen molar-refractivity contribution in [2.45, 2.75) is 187 Å². The molecule has 0 amide bonds. The summed E-state index contributed by atoms with van der Waals surface area (Å²) in [5.41, 5.74) is 0. The monoisotopic (exact) mass is 550 g/mol. The van der Waals surface area contributed by atoms with Gasteiger partial charge in [-0.25, -0.2) is 0 Å². The van der Waals surface area contributed by atoms with Gasteiger partial charge in [0.25, 0.3) is 0 Å². The maximum absolute atomic E-state index is 12.2. The van der Waals surface area contributed by atoms with Crippen molar-refractivity contribution in [1.82, 2.24) is 0 Å². The van der Waals surface area contributed by atoms with Crippen LogP contribution in [0.2, 0.25) is 0 Å². The molecule has 0 radical (unpaired) electrons. The molecule has 0 aromatic heterocycles. The zero-order chi connectivity index (χ0) is 28.7. The van der Waals surface area contributed by atoms with Crippen molar-refractivity contribution in [1.29, 1.82) is 0 Å². The Balaban J connectivity index is 3.55. The Morgan fingerprint density at radius 1 is 0.564 bits per heavy atom. The average Bonchev–Trinajstić information content (AvgIpc) is 2.93. The van der Waals surface area contributed by atoms with Crippen molar-refractivity contribution in [2.75, 3.05) is 7.11 Å². The molecule has 0 saturated carbocycles. The molecule has 1 unspecified atom stereocenters. The Kier molecular flexibility index (Phi) is 30.2. The van der Waals surface area contributed by atoms with E-state index in [2.05, 4.69) is 19.1 Å². The molecule has 1 atom stereocenters. The Labute approximate surface area is 243 Å². The predicted octanol–water partition coefficient (Wildman–Crippen LogP) is 11.4. The number of unbranched alkanes of at least 4 members (excludes halogenated alkanes) is 22. The summed E-state index contributed by atoms with van der Waals surface area (Å²) in [6.45, 7) is 2.28. The maximum Gasteiger partial charge on any atom is 0.308 e. The molecule has 0 aromatic carbocycles. The fraction of sp³-hybridized carbons (Fsp3) is 0.886. The van der Waals surface area contributed by atoms with E-state index in [1.54, 1.807) is 0 Å². The maximum atomic E-state index is 12.2. The number of ether oxygens (including phenoxy) is 1. The van der Waals surface area contributed by atoms with E-state index in [0.29, 0.717) is 6.42 Å². The summed E-state index contributed by atoms with van der Waals surface area (Å²) < 4.78 is 5.09. The first kappa shape index (κ1) is 37.7. The van der Waals surface area contributed by atoms with E-state index in [9.17, 15) is 9.59 Å². The Hall–Kier alpha value is -1.32. The van der Waals surface area contributed by atoms with Crippen molar-refractivity contribution < 1.29 is 19.4 Å². The Bertz CT molecular complexity index is 557. The molecule has 0 bridgehead atoms. The number of esters is 1. The zero-order valence-electron chi connectivity index (χ0n) is 26.2. The summed E-state index contributed by atoms with van der Waals surface area (Å²) >= 11 is 0. The highest BCUT2D eigenvalue weighted by Gasteiger charge is 2.18. The number of hydrogen-bond donors (Lipinski definition) is 1. The quantitative estimate of drug-likeness (QED) is 0.0529. The molecule has 39 heavy (non-hydrogen) atoms. The molecule has 0 saturated heterocycles. The van der Waals surface area contributed by atoms with Gasteiger partial charge in [-0.05, 0) is 44.9 Å². The molecule has 1 N–H and O–H groups in total. The van der Waals surface area contributed by atoms with Crippen LogP contribution >= 0.6 is 0 Å². The van der Waals surface area contributed by atoms with Crippen LogP contribution in [0.5, 0.6) is 0 Å². The zero-order valence-corrected chi connectivity index (χ0v) is 26.2. The lowest BCUT2D eigenvalue weighted by Crippen LogP contribution is -2.16. The second kappa shape index (κ2) is 31.2. The van der Waals surface area contributed by atoms with E-state index in [1.807, 2.05) is 0 Å². The number of carboxylic acid groups (broad SMARTS) is 1. The number of rotatable bonds is 31. The van der Waals surface area contributed by atoms with Gasteiger partial charge in [-0.2, -0.15) is 0 Å². The van der Waals surface area contributed by atoms with Crippen molar-refractivity contribution >= 4 is 11.9 Å². The number of aliphatic carboxylic acids is 1. The predicted molar refractivity (Wildman–Crippen MR) is 167 cm³/mol. The second-order valence-corrected chi connectivity index (χ2v) is 11.8. The third kappa shape index (κ3) is 29.5. The highest BCUT2D eigenvalue weighted by atomic mass is 16.5. The van der Waals surface area contributed by atoms with Gasteiger partial charge >= 0.3 is 11.9 Å². The van der Waals surface area contributed by atoms with Gasteiger partial charge < -0.3 is 9.84 Å². The Morgan fingerprint density at radius 3 is 1.31 bits per heavy atom. The van der Waals surface area contributed by atoms with Crippen molar-refractivity contribution in [3.63, 3.8) is 0 Å². The van der Waals surface area contributed by atoms with E-state index in [0.717, 1.165) is 51.4 Å². The largest absolute Gasteiger partial charge is 0.481 e. The van der Waals surface area contributed by atoms with Crippen LogP contribution in [-0.2, 0) is 14.3 Å². The lowest BCUT2D eigenvalue weighted by atomic mass is 9.94. The molecule has 0 fully saturated rings. The molecule has 0 aliphatic carbocycles. The molecule has 0 heterocycles. The smallest absolute Gasteiger partial charge is 0.308 e. The fourth-order valence-corrected chi connectivity index (χ4v) is 5.44. The number of methoxy groups -OCH3 is 1. The fourth-order valence-electron chi connectivity index (χ4n) is 5.44. The normalized spacial score (nSPS) is 12.3. The van der Waals surface area contributed by atoms with E-state index in [-0.39, 0.29) is 11.9 Å². The summed E-state index contributed by atoms with van der Waals surface area (Å²) in [7, 11) is 1.54. The third-order valence-corrected chi connectivity index (χ3v) is 8.04. The SMILES string of the molecule is CCCCCCCCCCCCCCC(CCCCCCCC/C=C\CCCCCCCC(=O)O)C(=O)OC. The molecular formula is C35H66O4. The summed E-state index contributed by atoms with van der Waals surface area (Å²) in [6.07, 6.45) is 38.5. The number of carboxylic acids is 1. The lowest BCUT2D eigenvalue weighted by molar-refractivity contribution is -0.146. The number of allylic oxidation sites excluding steroid dienone is 2. The molecule has 0 rings (SSSR count). The van der Waals surface area contributed by atoms with Gasteiger partial charge in [0.2, 0.25) is 0 Å². The van der Waals surface area contributed by atoms with Crippen LogP contribution in [0.15, 0.2) is 12.2 Å². The molecule has 230 valence electrons. The first-order valence-corrected chi connectivity index (χ1v) is 17.1. The summed E-state index contributed by atoms with van der Waals surface area (Å²) in [6, 6.07) is 0. The highest BCUT2D eigenvalue weighted by Crippen LogP contribution is 2.21. The van der Waals surface area contributed by atoms with Crippen LogP contribution in [-0.4, -0.2) is 24.2 Å². The van der Waals surface area contributed by atoms with Gasteiger partial charge in [-0.3, -0.25) is 9.59 Å². The summed E-state index contributed by atoms with van der Waals surface area (Å²) in [5, 5.41) is 8.63. The van der Waals surface area contributed by atoms with Gasteiger partial charge in [0.15, 0.2) is 0 Å². The minimum atomic E-state index is -0.676. The van der Waals surface area contributed by atoms with Crippen molar-refractivity contribution in [2.24, 2.45) is 5.92 Å². The van der Waals surface area contributed by atoms with Gasteiger partial charge in [0.1, 0.15) is 0 Å². The van der Waals surface area contributed by atoms with Crippen LogP contribution in [0.4, 0.5) is 0 Å². The van der Waals surface area contributed by atoms with Gasteiger partial charge in [0.05, 0.1) is 13.0 Å². The van der Waals surface area contributed by atoms with Crippen LogP contribution in [0.25, 0.3) is 0 Å². The highest BCUT2D eigenvalue weighted by molar-refractivity contribution is 5.72. The number of carbonyl (C=O) groups excluding carboxylic acids is 1. The van der Waals surface area contributed by atoms with Gasteiger partial charge in [-0.15, -0.1) is 0 Å². The molecule has 0 spiro atoms. The standard InChI is InChI=1S/C35H66O4/c1-3-4-5-6-7-8-9-15-18-21-24-27-30-33(35(38)39-2)31-28-25-22-19-16-13-11-10-12-14-17-20-23-26-29-32-34(36)37/h10,12,33H,3-9,11,13-32H2,1-2H3,(H,36,37)/b12-10-. The van der Waals surface area contributed by atoms with Crippen molar-refractivity contribution in [3.8, 4) is 0 Å². The van der Waals surface area contributed by atoms with E-state index >= 15 is 0 Å². The van der Waals surface area contributed by atoms with Crippen molar-refractivity contribution in [3.05, 3.63) is 12.2 Å². The minimum absolute atomic E-state index is 0.00282. The topological polar surface area (TPSA) is 63.6 Å². The first-order chi connectivity index (χ1) is 19.1. The van der Waals surface area contributed by atoms with E-state index in [1.165, 1.54) is 129 Å². The van der Waals surface area contributed by atoms with Crippen LogP contribution in [0.3, 0.4) is 0 Å². The van der Waals surface area contributed by atoms with E-state index < -0.39 is 5.97 Å². The van der Waals surface area contributed by atoms with Crippen LogP contribution < -0.4 is 0 Å². The Morgan fingerprint density at radius 2 is 0.923 bits per heavy atom. The first-order valence-electron chi connectivity index (χ1n) is 17.1. The molecule has 4 heteroatoms. The second-order valence-electron chi connectivity index (χ2n) is 11.8. The summed E-state index contributed by atoms with van der Waals surface area (Å²) in [5.74, 6) is -0.568. The molecular weight excluding hydrogens is 484 g/mol. The molecule has 0 aromatic rings. The summed E-state index contributed by atoms with van der Waals surface area (Å²) in [4.78, 5) is 22.7. The average molecular weight is 551 g/mol. The molecule has 0 aliphatic rings. The van der Waals surface area contributed by atoms with E-state index in [4.69, 9.17) is 9.84 Å². The van der Waals surface area contributed by atoms with Gasteiger partial charge in [-0.1, -0.05) is 147 Å². The number of carbonyl (C=O) groups is 2. The van der Waals surface area contributed by atoms with Gasteiger partial charge in [0, 0.05) is 6.42 Å². The van der Waals surface area contributed by atoms with Crippen LogP contribution in [0, 0.1) is 5.92 Å².